The van der Waals surface area contributed by atoms with Crippen LogP contribution in [0.5, 0.6) is 0 Å². The predicted octanol–water partition coefficient (Wildman–Crippen LogP) is 9.60. The Morgan fingerprint density at radius 1 is 0.968 bits per heavy atom. The largest absolute Gasteiger partial charge is 0.168 e. The molecule has 1 aliphatic heterocycles. The molecule has 154 valence electrons. The standard InChI is InChI=1S/C26H20S5/c1-2-15-8-19-18(11-21(15)29-14-27)13-28-25-20-9-17-10-22(16-6-4-3-5-7-16)30-23(17)12-24(20)31-26(19)25/h3-12,27H,2,13-14H2,1H3. The summed E-state index contributed by atoms with van der Waals surface area (Å²) >= 11 is 12.2. The number of fused-ring (bicyclic) bond motifs is 6. The molecule has 0 unspecified atom stereocenters. The minimum atomic E-state index is 0.828. The van der Waals surface area contributed by atoms with Gasteiger partial charge < -0.3 is 0 Å². The second-order valence-corrected chi connectivity index (χ2v) is 12.5. The number of hydrogen-bond donors (Lipinski definition) is 1. The van der Waals surface area contributed by atoms with Gasteiger partial charge in [-0.2, -0.15) is 12.6 Å². The van der Waals surface area contributed by atoms with Gasteiger partial charge in [-0.3, -0.25) is 0 Å². The second kappa shape index (κ2) is 8.20. The molecule has 1 aliphatic rings. The second-order valence-electron chi connectivity index (χ2n) is 7.66. The fourth-order valence-corrected chi connectivity index (χ4v) is 9.28. The van der Waals surface area contributed by atoms with Gasteiger partial charge in [0.1, 0.15) is 0 Å². The van der Waals surface area contributed by atoms with E-state index in [1.54, 1.807) is 0 Å². The van der Waals surface area contributed by atoms with E-state index in [0.717, 1.165) is 17.3 Å². The zero-order chi connectivity index (χ0) is 20.9. The molecule has 0 spiro atoms. The molecule has 6 rings (SSSR count). The Labute approximate surface area is 204 Å². The van der Waals surface area contributed by atoms with E-state index >= 15 is 0 Å². The average Bonchev–Trinajstić information content (AvgIpc) is 3.38. The van der Waals surface area contributed by atoms with Crippen LogP contribution in [0.4, 0.5) is 0 Å². The van der Waals surface area contributed by atoms with Crippen LogP contribution in [-0.2, 0) is 12.2 Å². The van der Waals surface area contributed by atoms with Crippen molar-refractivity contribution in [2.45, 2.75) is 28.9 Å². The van der Waals surface area contributed by atoms with Gasteiger partial charge in [0, 0.05) is 45.2 Å². The normalized spacial score (nSPS) is 13.0. The molecule has 31 heavy (non-hydrogen) atoms. The minimum absolute atomic E-state index is 0.828. The van der Waals surface area contributed by atoms with Gasteiger partial charge in [-0.1, -0.05) is 37.3 Å². The molecule has 0 amide bonds. The van der Waals surface area contributed by atoms with Crippen molar-refractivity contribution in [2.75, 3.05) is 5.08 Å². The number of rotatable bonds is 4. The highest BCUT2D eigenvalue weighted by molar-refractivity contribution is 8.09. The third-order valence-electron chi connectivity index (χ3n) is 5.84. The summed E-state index contributed by atoms with van der Waals surface area (Å²) in [7, 11) is 0. The fourth-order valence-electron chi connectivity index (χ4n) is 4.30. The summed E-state index contributed by atoms with van der Waals surface area (Å²) in [5.41, 5.74) is 5.67. The van der Waals surface area contributed by atoms with Gasteiger partial charge in [-0.15, -0.1) is 46.2 Å². The molecule has 0 nitrogen and oxygen atoms in total. The molecule has 0 aliphatic carbocycles. The van der Waals surface area contributed by atoms with Gasteiger partial charge in [-0.25, -0.2) is 0 Å². The third-order valence-corrected chi connectivity index (χ3v) is 10.7. The summed E-state index contributed by atoms with van der Waals surface area (Å²) < 4.78 is 2.79. The average molecular weight is 493 g/mol. The lowest BCUT2D eigenvalue weighted by atomic mass is 10.0. The van der Waals surface area contributed by atoms with Crippen LogP contribution in [0.2, 0.25) is 0 Å². The molecular formula is C26H20S5. The molecule has 2 aromatic heterocycles. The monoisotopic (exact) mass is 492 g/mol. The van der Waals surface area contributed by atoms with Crippen LogP contribution in [0.15, 0.2) is 70.5 Å². The van der Waals surface area contributed by atoms with Crippen molar-refractivity contribution in [3.63, 3.8) is 0 Å². The minimum Gasteiger partial charge on any atom is -0.168 e. The van der Waals surface area contributed by atoms with E-state index in [0.29, 0.717) is 0 Å². The molecule has 3 aromatic carbocycles. The summed E-state index contributed by atoms with van der Waals surface area (Å²) in [5.74, 6) is 1.05. The van der Waals surface area contributed by atoms with Gasteiger partial charge in [0.2, 0.25) is 0 Å². The number of aryl methyl sites for hydroxylation is 1. The van der Waals surface area contributed by atoms with E-state index in [9.17, 15) is 0 Å². The number of benzene rings is 3. The Hall–Kier alpha value is -1.37. The van der Waals surface area contributed by atoms with E-state index in [1.807, 2.05) is 46.2 Å². The van der Waals surface area contributed by atoms with E-state index in [4.69, 9.17) is 0 Å². The Balaban J connectivity index is 1.50. The van der Waals surface area contributed by atoms with Crippen LogP contribution in [0.1, 0.15) is 18.1 Å². The molecule has 0 bridgehead atoms. The third kappa shape index (κ3) is 3.46. The van der Waals surface area contributed by atoms with Gasteiger partial charge in [-0.05, 0) is 64.4 Å². The Bertz CT molecular complexity index is 1430. The first-order chi connectivity index (χ1) is 15.2. The fraction of sp³-hybridized carbons (Fsp3) is 0.154. The molecule has 3 heterocycles. The summed E-state index contributed by atoms with van der Waals surface area (Å²) in [6, 6.07) is 22.8. The highest BCUT2D eigenvalue weighted by Crippen LogP contribution is 2.52. The van der Waals surface area contributed by atoms with Crippen LogP contribution in [0.25, 0.3) is 41.1 Å². The van der Waals surface area contributed by atoms with Gasteiger partial charge in [0.05, 0.1) is 0 Å². The maximum atomic E-state index is 4.44. The topological polar surface area (TPSA) is 0 Å². The lowest BCUT2D eigenvalue weighted by Gasteiger charge is -2.19. The number of hydrogen-bond acceptors (Lipinski definition) is 5. The predicted molar refractivity (Wildman–Crippen MR) is 147 cm³/mol. The molecule has 5 heteroatoms. The summed E-state index contributed by atoms with van der Waals surface area (Å²) in [4.78, 5) is 5.68. The van der Waals surface area contributed by atoms with Crippen molar-refractivity contribution in [2.24, 2.45) is 0 Å². The molecule has 0 atom stereocenters. The molecule has 0 saturated heterocycles. The van der Waals surface area contributed by atoms with Gasteiger partial charge in [0.15, 0.2) is 0 Å². The lowest BCUT2D eigenvalue weighted by molar-refractivity contribution is 1.07. The lowest BCUT2D eigenvalue weighted by Crippen LogP contribution is -1.97. The van der Waals surface area contributed by atoms with Crippen molar-refractivity contribution < 1.29 is 0 Å². The molecule has 5 aromatic rings. The maximum Gasteiger partial charge on any atom is 0.0494 e. The first-order valence-electron chi connectivity index (χ1n) is 10.3. The summed E-state index contributed by atoms with van der Waals surface area (Å²) in [6.07, 6.45) is 1.06. The van der Waals surface area contributed by atoms with Crippen molar-refractivity contribution in [1.29, 1.82) is 0 Å². The van der Waals surface area contributed by atoms with Crippen molar-refractivity contribution >= 4 is 79.0 Å². The quantitative estimate of drug-likeness (QED) is 0.151. The van der Waals surface area contributed by atoms with Crippen LogP contribution in [0.3, 0.4) is 0 Å². The molecular weight excluding hydrogens is 473 g/mol. The van der Waals surface area contributed by atoms with Crippen LogP contribution < -0.4 is 0 Å². The van der Waals surface area contributed by atoms with Crippen LogP contribution >= 0.6 is 58.8 Å². The van der Waals surface area contributed by atoms with E-state index < -0.39 is 0 Å². The van der Waals surface area contributed by atoms with E-state index in [1.165, 1.54) is 62.0 Å². The summed E-state index contributed by atoms with van der Waals surface area (Å²) in [5, 5.41) is 3.61. The van der Waals surface area contributed by atoms with E-state index in [2.05, 4.69) is 80.2 Å². The molecule has 0 fully saturated rings. The molecule has 0 saturated carbocycles. The van der Waals surface area contributed by atoms with Gasteiger partial charge >= 0.3 is 0 Å². The number of thiol groups is 1. The Kier molecular flexibility index (Phi) is 5.36. The number of thiophene rings is 2. The zero-order valence-corrected chi connectivity index (χ0v) is 21.1. The highest BCUT2D eigenvalue weighted by atomic mass is 32.2. The van der Waals surface area contributed by atoms with Crippen LogP contribution in [0, 0.1) is 0 Å². The van der Waals surface area contributed by atoms with Crippen molar-refractivity contribution in [1.82, 2.24) is 0 Å². The Morgan fingerprint density at radius 2 is 1.84 bits per heavy atom. The molecule has 0 radical (unpaired) electrons. The number of thioether (sulfide) groups is 2. The zero-order valence-electron chi connectivity index (χ0n) is 17.0. The van der Waals surface area contributed by atoms with Crippen molar-refractivity contribution in [3.05, 3.63) is 71.8 Å². The maximum absolute atomic E-state index is 4.44. The smallest absolute Gasteiger partial charge is 0.0494 e. The van der Waals surface area contributed by atoms with Gasteiger partial charge in [0.25, 0.3) is 0 Å². The van der Waals surface area contributed by atoms with E-state index in [-0.39, 0.29) is 0 Å². The van der Waals surface area contributed by atoms with Crippen LogP contribution in [-0.4, -0.2) is 5.08 Å². The highest BCUT2D eigenvalue weighted by Gasteiger charge is 2.24. The van der Waals surface area contributed by atoms with Crippen molar-refractivity contribution in [3.8, 4) is 20.9 Å². The SMILES string of the molecule is CCc1cc2c(cc1SCS)CSc1c-2sc2cc3sc(-c4ccccc4)cc3cc12. The first kappa shape index (κ1) is 20.3. The molecule has 0 N–H and O–H groups in total. The first-order valence-corrected chi connectivity index (χ1v) is 14.6. The Morgan fingerprint density at radius 3 is 2.65 bits per heavy atom. The summed E-state index contributed by atoms with van der Waals surface area (Å²) in [6.45, 7) is 2.26.